The second-order valence-corrected chi connectivity index (χ2v) is 5.86. The lowest BCUT2D eigenvalue weighted by molar-refractivity contribution is -0.184. The van der Waals surface area contributed by atoms with E-state index in [0.29, 0.717) is 19.3 Å². The van der Waals surface area contributed by atoms with Crippen molar-refractivity contribution in [3.8, 4) is 0 Å². The summed E-state index contributed by atoms with van der Waals surface area (Å²) >= 11 is 0. The van der Waals surface area contributed by atoms with Crippen molar-refractivity contribution in [2.45, 2.75) is 64.1 Å². The van der Waals surface area contributed by atoms with Crippen molar-refractivity contribution < 1.29 is 27.9 Å². The van der Waals surface area contributed by atoms with Gasteiger partial charge < -0.3 is 10.4 Å². The van der Waals surface area contributed by atoms with Crippen molar-refractivity contribution in [2.24, 2.45) is 11.8 Å². The standard InChI is InChI=1S/C14H22F3NO3/c1-9(2-7-13(20)21)18-12(19)8-10-3-5-11(6-4-10)14(15,16)17/h9-11H,2-8H2,1H3,(H,18,19)(H,20,21). The van der Waals surface area contributed by atoms with E-state index in [1.807, 2.05) is 0 Å². The number of rotatable bonds is 6. The number of carboxylic acid groups (broad SMARTS) is 1. The first-order chi connectivity index (χ1) is 9.68. The fourth-order valence-electron chi connectivity index (χ4n) is 2.70. The van der Waals surface area contributed by atoms with Gasteiger partial charge in [0.2, 0.25) is 5.91 Å². The minimum Gasteiger partial charge on any atom is -0.481 e. The molecule has 0 heterocycles. The monoisotopic (exact) mass is 309 g/mol. The number of amides is 1. The minimum absolute atomic E-state index is 0.00438. The molecular formula is C14H22F3NO3. The summed E-state index contributed by atoms with van der Waals surface area (Å²) in [7, 11) is 0. The topological polar surface area (TPSA) is 66.4 Å². The normalized spacial score (nSPS) is 24.4. The summed E-state index contributed by atoms with van der Waals surface area (Å²) in [5.74, 6) is -2.36. The Hall–Kier alpha value is -1.27. The van der Waals surface area contributed by atoms with Crippen LogP contribution < -0.4 is 5.32 Å². The lowest BCUT2D eigenvalue weighted by Crippen LogP contribution is -2.35. The lowest BCUT2D eigenvalue weighted by Gasteiger charge is -2.29. The van der Waals surface area contributed by atoms with Gasteiger partial charge in [-0.25, -0.2) is 0 Å². The summed E-state index contributed by atoms with van der Waals surface area (Å²) in [6, 6.07) is -0.236. The van der Waals surface area contributed by atoms with Crippen LogP contribution in [0.25, 0.3) is 0 Å². The van der Waals surface area contributed by atoms with Crippen molar-refractivity contribution in [3.63, 3.8) is 0 Å². The van der Waals surface area contributed by atoms with Gasteiger partial charge in [0.25, 0.3) is 0 Å². The molecule has 1 amide bonds. The number of hydrogen-bond acceptors (Lipinski definition) is 2. The van der Waals surface area contributed by atoms with Gasteiger partial charge in [0.05, 0.1) is 5.92 Å². The Bertz CT molecular complexity index is 363. The number of halogens is 3. The second-order valence-electron chi connectivity index (χ2n) is 5.86. The molecule has 0 saturated heterocycles. The maximum atomic E-state index is 12.5. The molecule has 1 saturated carbocycles. The molecule has 0 radical (unpaired) electrons. The Morgan fingerprint density at radius 3 is 2.29 bits per heavy atom. The first-order valence-electron chi connectivity index (χ1n) is 7.26. The highest BCUT2D eigenvalue weighted by molar-refractivity contribution is 5.76. The Kier molecular flexibility index (Phi) is 6.48. The van der Waals surface area contributed by atoms with E-state index in [1.165, 1.54) is 0 Å². The quantitative estimate of drug-likeness (QED) is 0.792. The molecule has 2 N–H and O–H groups in total. The van der Waals surface area contributed by atoms with Crippen LogP contribution in [0.1, 0.15) is 51.9 Å². The number of carboxylic acids is 1. The molecule has 0 aromatic carbocycles. The van der Waals surface area contributed by atoms with Crippen LogP contribution >= 0.6 is 0 Å². The minimum atomic E-state index is -4.13. The molecule has 1 rings (SSSR count). The first kappa shape index (κ1) is 17.8. The van der Waals surface area contributed by atoms with E-state index in [2.05, 4.69) is 5.32 Å². The van der Waals surface area contributed by atoms with Gasteiger partial charge in [-0.1, -0.05) is 0 Å². The van der Waals surface area contributed by atoms with E-state index in [0.717, 1.165) is 0 Å². The van der Waals surface area contributed by atoms with E-state index in [1.54, 1.807) is 6.92 Å². The molecule has 0 aliphatic heterocycles. The van der Waals surface area contributed by atoms with Crippen LogP contribution in [0.5, 0.6) is 0 Å². The molecule has 1 unspecified atom stereocenters. The van der Waals surface area contributed by atoms with Crippen LogP contribution in [-0.4, -0.2) is 29.2 Å². The SMILES string of the molecule is CC(CCC(=O)O)NC(=O)CC1CCC(C(F)(F)F)CC1. The third kappa shape index (κ3) is 6.82. The van der Waals surface area contributed by atoms with Crippen LogP contribution in [0.15, 0.2) is 0 Å². The zero-order chi connectivity index (χ0) is 16.0. The summed E-state index contributed by atoms with van der Waals surface area (Å²) in [4.78, 5) is 22.2. The van der Waals surface area contributed by atoms with E-state index in [9.17, 15) is 22.8 Å². The molecule has 0 aromatic heterocycles. The molecule has 1 aliphatic carbocycles. The number of aliphatic carboxylic acids is 1. The molecule has 122 valence electrons. The third-order valence-electron chi connectivity index (χ3n) is 3.98. The summed E-state index contributed by atoms with van der Waals surface area (Å²) < 4.78 is 37.6. The highest BCUT2D eigenvalue weighted by atomic mass is 19.4. The number of nitrogens with one attached hydrogen (secondary N) is 1. The molecule has 1 fully saturated rings. The van der Waals surface area contributed by atoms with Gasteiger partial charge in [-0.05, 0) is 44.9 Å². The fraction of sp³-hybridized carbons (Fsp3) is 0.857. The average molecular weight is 309 g/mol. The van der Waals surface area contributed by atoms with Crippen molar-refractivity contribution >= 4 is 11.9 Å². The summed E-state index contributed by atoms with van der Waals surface area (Å²) in [5, 5.41) is 11.2. The molecule has 4 nitrogen and oxygen atoms in total. The Balaban J connectivity index is 2.26. The summed E-state index contributed by atoms with van der Waals surface area (Å²) in [5.41, 5.74) is 0. The second kappa shape index (κ2) is 7.66. The molecular weight excluding hydrogens is 287 g/mol. The Labute approximate surface area is 122 Å². The molecule has 1 aliphatic rings. The van der Waals surface area contributed by atoms with Gasteiger partial charge in [-0.2, -0.15) is 13.2 Å². The first-order valence-corrected chi connectivity index (χ1v) is 7.26. The number of alkyl halides is 3. The van der Waals surface area contributed by atoms with E-state index in [-0.39, 0.29) is 43.6 Å². The maximum absolute atomic E-state index is 12.5. The van der Waals surface area contributed by atoms with Crippen molar-refractivity contribution in [2.75, 3.05) is 0 Å². The van der Waals surface area contributed by atoms with Crippen LogP contribution in [0, 0.1) is 11.8 Å². The molecule has 1 atom stereocenters. The highest BCUT2D eigenvalue weighted by Gasteiger charge is 2.41. The van der Waals surface area contributed by atoms with Gasteiger partial charge in [0, 0.05) is 18.9 Å². The summed E-state index contributed by atoms with van der Waals surface area (Å²) in [6.45, 7) is 1.72. The van der Waals surface area contributed by atoms with E-state index >= 15 is 0 Å². The largest absolute Gasteiger partial charge is 0.481 e. The van der Waals surface area contributed by atoms with Crippen LogP contribution in [0.4, 0.5) is 13.2 Å². The predicted octanol–water partition coefficient (Wildman–Crippen LogP) is 3.11. The number of carbonyl (C=O) groups is 2. The lowest BCUT2D eigenvalue weighted by atomic mass is 9.80. The molecule has 21 heavy (non-hydrogen) atoms. The zero-order valence-corrected chi connectivity index (χ0v) is 12.1. The third-order valence-corrected chi connectivity index (χ3v) is 3.98. The van der Waals surface area contributed by atoms with Gasteiger partial charge >= 0.3 is 12.1 Å². The Morgan fingerprint density at radius 2 is 1.81 bits per heavy atom. The fourth-order valence-corrected chi connectivity index (χ4v) is 2.70. The van der Waals surface area contributed by atoms with Crippen LogP contribution in [0.3, 0.4) is 0 Å². The maximum Gasteiger partial charge on any atom is 0.391 e. The number of carbonyl (C=O) groups excluding carboxylic acids is 1. The molecule has 7 heteroatoms. The van der Waals surface area contributed by atoms with E-state index < -0.39 is 18.1 Å². The molecule has 0 spiro atoms. The van der Waals surface area contributed by atoms with Gasteiger partial charge in [-0.15, -0.1) is 0 Å². The van der Waals surface area contributed by atoms with Crippen molar-refractivity contribution in [3.05, 3.63) is 0 Å². The molecule has 0 aromatic rings. The van der Waals surface area contributed by atoms with Gasteiger partial charge in [0.1, 0.15) is 0 Å². The number of hydrogen-bond donors (Lipinski definition) is 2. The van der Waals surface area contributed by atoms with Crippen LogP contribution in [-0.2, 0) is 9.59 Å². The van der Waals surface area contributed by atoms with Crippen molar-refractivity contribution in [1.29, 1.82) is 0 Å². The zero-order valence-electron chi connectivity index (χ0n) is 12.1. The predicted molar refractivity (Wildman–Crippen MR) is 70.6 cm³/mol. The van der Waals surface area contributed by atoms with Crippen molar-refractivity contribution in [1.82, 2.24) is 5.32 Å². The summed E-state index contributed by atoms with van der Waals surface area (Å²) in [6.07, 6.45) is -2.55. The highest BCUT2D eigenvalue weighted by Crippen LogP contribution is 2.40. The smallest absolute Gasteiger partial charge is 0.391 e. The Morgan fingerprint density at radius 1 is 1.24 bits per heavy atom. The average Bonchev–Trinajstić information content (AvgIpc) is 2.35. The molecule has 0 bridgehead atoms. The van der Waals surface area contributed by atoms with Crippen LogP contribution in [0.2, 0.25) is 0 Å². The van der Waals surface area contributed by atoms with Gasteiger partial charge in [-0.3, -0.25) is 9.59 Å². The van der Waals surface area contributed by atoms with E-state index in [4.69, 9.17) is 5.11 Å². The van der Waals surface area contributed by atoms with Gasteiger partial charge in [0.15, 0.2) is 0 Å².